The molecule has 1 amide bonds. The zero-order chi connectivity index (χ0) is 20.3. The molecule has 152 valence electrons. The van der Waals surface area contributed by atoms with Crippen LogP contribution in [-0.2, 0) is 6.42 Å². The second kappa shape index (κ2) is 6.31. The molecule has 4 heterocycles. The minimum Gasteiger partial charge on any atom is -0.335 e. The summed E-state index contributed by atoms with van der Waals surface area (Å²) in [5.74, 6) is -2.55. The molecular weight excluding hydrogens is 382 g/mol. The number of H-pyrrole nitrogens is 1. The lowest BCUT2D eigenvalue weighted by atomic mass is 10.1. The van der Waals surface area contributed by atoms with E-state index in [1.807, 2.05) is 6.08 Å². The van der Waals surface area contributed by atoms with E-state index >= 15 is 0 Å². The molecule has 3 aliphatic rings. The number of hydrogen-bond donors (Lipinski definition) is 1. The van der Waals surface area contributed by atoms with Gasteiger partial charge in [-0.3, -0.25) is 19.5 Å². The number of allylic oxidation sites excluding steroid dienone is 1. The Kier molecular flexibility index (Phi) is 3.95. The Balaban J connectivity index is 1.31. The summed E-state index contributed by atoms with van der Waals surface area (Å²) in [5.41, 5.74) is 1.97. The van der Waals surface area contributed by atoms with Crippen molar-refractivity contribution in [1.82, 2.24) is 29.5 Å². The normalized spacial score (nSPS) is 20.9. The summed E-state index contributed by atoms with van der Waals surface area (Å²) in [6.45, 7) is 2.73. The summed E-state index contributed by atoms with van der Waals surface area (Å²) < 4.78 is 28.2. The zero-order valence-electron chi connectivity index (χ0n) is 15.9. The number of aromatic amines is 1. The maximum absolute atomic E-state index is 13.4. The van der Waals surface area contributed by atoms with Crippen molar-refractivity contribution >= 4 is 12.0 Å². The first-order valence-electron chi connectivity index (χ1n) is 9.58. The van der Waals surface area contributed by atoms with E-state index in [0.717, 1.165) is 0 Å². The number of hydrogen-bond acceptors (Lipinski definition) is 5. The molecule has 0 radical (unpaired) electrons. The number of alkyl halides is 2. The van der Waals surface area contributed by atoms with Crippen molar-refractivity contribution < 1.29 is 13.6 Å². The first kappa shape index (κ1) is 18.2. The van der Waals surface area contributed by atoms with Crippen molar-refractivity contribution in [3.05, 3.63) is 45.1 Å². The lowest BCUT2D eigenvalue weighted by Crippen LogP contribution is -2.60. The van der Waals surface area contributed by atoms with Crippen LogP contribution in [-0.4, -0.2) is 73.6 Å². The van der Waals surface area contributed by atoms with E-state index in [1.54, 1.807) is 22.8 Å². The Labute approximate surface area is 164 Å². The maximum Gasteiger partial charge on any atom is 0.261 e. The van der Waals surface area contributed by atoms with Crippen LogP contribution in [0.1, 0.15) is 33.7 Å². The third kappa shape index (κ3) is 2.98. The van der Waals surface area contributed by atoms with Crippen LogP contribution in [0.5, 0.6) is 0 Å². The second-order valence-electron chi connectivity index (χ2n) is 7.85. The van der Waals surface area contributed by atoms with Crippen molar-refractivity contribution in [2.24, 2.45) is 0 Å². The molecular formula is C19H20F2N6O2. The summed E-state index contributed by atoms with van der Waals surface area (Å²) in [6.07, 6.45) is 5.54. The molecule has 0 atom stereocenters. The van der Waals surface area contributed by atoms with Crippen LogP contribution in [0.2, 0.25) is 0 Å². The van der Waals surface area contributed by atoms with Crippen molar-refractivity contribution in [2.45, 2.75) is 31.7 Å². The lowest BCUT2D eigenvalue weighted by molar-refractivity contribution is -0.00874. The fourth-order valence-corrected chi connectivity index (χ4v) is 4.16. The summed E-state index contributed by atoms with van der Waals surface area (Å²) in [5, 5.41) is 4.24. The largest absolute Gasteiger partial charge is 0.335 e. The molecule has 10 heteroatoms. The van der Waals surface area contributed by atoms with E-state index in [2.05, 4.69) is 15.1 Å². The highest BCUT2D eigenvalue weighted by Gasteiger charge is 2.45. The predicted octanol–water partition coefficient (Wildman–Crippen LogP) is 0.999. The van der Waals surface area contributed by atoms with Gasteiger partial charge in [0.05, 0.1) is 35.3 Å². The van der Waals surface area contributed by atoms with Gasteiger partial charge in [0.1, 0.15) is 0 Å². The van der Waals surface area contributed by atoms with Crippen LogP contribution < -0.4 is 5.56 Å². The van der Waals surface area contributed by atoms with Crippen LogP contribution >= 0.6 is 0 Å². The Morgan fingerprint density at radius 3 is 2.86 bits per heavy atom. The first-order chi connectivity index (χ1) is 13.8. The number of carbonyl (C=O) groups excluding carboxylic acids is 1. The smallest absolute Gasteiger partial charge is 0.261 e. The van der Waals surface area contributed by atoms with Crippen molar-refractivity contribution in [3.8, 4) is 5.95 Å². The van der Waals surface area contributed by atoms with Gasteiger partial charge in [-0.1, -0.05) is 12.2 Å². The third-order valence-electron chi connectivity index (χ3n) is 5.92. The van der Waals surface area contributed by atoms with Gasteiger partial charge in [-0.25, -0.2) is 18.4 Å². The Bertz CT molecular complexity index is 1080. The molecule has 8 nitrogen and oxygen atoms in total. The molecule has 1 aliphatic carbocycles. The highest BCUT2D eigenvalue weighted by atomic mass is 19.3. The number of aromatic nitrogens is 4. The highest BCUT2D eigenvalue weighted by Crippen LogP contribution is 2.31. The number of fused-ring (bicyclic) bond motifs is 1. The Morgan fingerprint density at radius 2 is 2.14 bits per heavy atom. The van der Waals surface area contributed by atoms with Gasteiger partial charge in [-0.2, -0.15) is 5.10 Å². The quantitative estimate of drug-likeness (QED) is 0.828. The molecule has 2 saturated heterocycles. The molecule has 2 fully saturated rings. The summed E-state index contributed by atoms with van der Waals surface area (Å²) in [7, 11) is 0. The van der Waals surface area contributed by atoms with E-state index in [4.69, 9.17) is 0 Å². The first-order valence-corrected chi connectivity index (χ1v) is 9.58. The maximum atomic E-state index is 13.4. The fraction of sp³-hybridized carbons (Fsp3) is 0.474. The van der Waals surface area contributed by atoms with Crippen LogP contribution in [0.15, 0.2) is 17.1 Å². The van der Waals surface area contributed by atoms with Crippen molar-refractivity contribution in [3.63, 3.8) is 0 Å². The zero-order valence-corrected chi connectivity index (χ0v) is 15.9. The van der Waals surface area contributed by atoms with Crippen molar-refractivity contribution in [1.29, 1.82) is 0 Å². The van der Waals surface area contributed by atoms with E-state index in [1.165, 1.54) is 10.9 Å². The number of carbonyl (C=O) groups is 1. The number of nitrogens with one attached hydrogen (secondary N) is 1. The number of likely N-dealkylation sites (tertiary alicyclic amines) is 2. The third-order valence-corrected chi connectivity index (χ3v) is 5.92. The van der Waals surface area contributed by atoms with E-state index in [-0.39, 0.29) is 36.4 Å². The predicted molar refractivity (Wildman–Crippen MR) is 100 cm³/mol. The molecule has 2 aliphatic heterocycles. The van der Waals surface area contributed by atoms with Crippen LogP contribution in [0.25, 0.3) is 12.0 Å². The van der Waals surface area contributed by atoms with E-state index in [0.29, 0.717) is 48.6 Å². The molecule has 0 spiro atoms. The van der Waals surface area contributed by atoms with Crippen LogP contribution in [0, 0.1) is 6.92 Å². The summed E-state index contributed by atoms with van der Waals surface area (Å²) >= 11 is 0. The summed E-state index contributed by atoms with van der Waals surface area (Å²) in [4.78, 5) is 35.6. The minimum atomic E-state index is -2.63. The molecule has 0 aromatic carbocycles. The highest BCUT2D eigenvalue weighted by molar-refractivity contribution is 5.95. The van der Waals surface area contributed by atoms with Crippen LogP contribution in [0.3, 0.4) is 0 Å². The molecule has 2 aromatic rings. The van der Waals surface area contributed by atoms with Gasteiger partial charge in [-0.05, 0) is 6.92 Å². The monoisotopic (exact) mass is 402 g/mol. The van der Waals surface area contributed by atoms with Gasteiger partial charge < -0.3 is 4.90 Å². The van der Waals surface area contributed by atoms with Gasteiger partial charge in [-0.15, -0.1) is 0 Å². The average Bonchev–Trinajstić information content (AvgIpc) is 3.32. The van der Waals surface area contributed by atoms with Gasteiger partial charge >= 0.3 is 0 Å². The SMILES string of the molecule is Cc1c(C(=O)N2CC(N3CCC(F)(F)C3)C2)cnn1-c1nc2c(c(=O)[nH]1)C=CC2. The van der Waals surface area contributed by atoms with Crippen molar-refractivity contribution in [2.75, 3.05) is 26.2 Å². The van der Waals surface area contributed by atoms with E-state index in [9.17, 15) is 18.4 Å². The Hall–Kier alpha value is -2.88. The summed E-state index contributed by atoms with van der Waals surface area (Å²) in [6, 6.07) is -0.0232. The Morgan fingerprint density at radius 1 is 1.34 bits per heavy atom. The number of amides is 1. The number of rotatable bonds is 3. The number of nitrogens with zero attached hydrogens (tertiary/aromatic N) is 5. The number of halogens is 2. The topological polar surface area (TPSA) is 87.1 Å². The van der Waals surface area contributed by atoms with Gasteiger partial charge in [0.25, 0.3) is 17.4 Å². The molecule has 5 rings (SSSR count). The van der Waals surface area contributed by atoms with Gasteiger partial charge in [0.2, 0.25) is 5.95 Å². The molecule has 0 bridgehead atoms. The lowest BCUT2D eigenvalue weighted by Gasteiger charge is -2.43. The van der Waals surface area contributed by atoms with Gasteiger partial charge in [0, 0.05) is 38.5 Å². The van der Waals surface area contributed by atoms with Crippen LogP contribution in [0.4, 0.5) is 8.78 Å². The van der Waals surface area contributed by atoms with Gasteiger partial charge in [0.15, 0.2) is 0 Å². The standard InChI is InChI=1S/C19H20F2N6O2/c1-11-14(17(29)26-8-12(9-26)25-6-5-19(20,21)10-25)7-22-27(11)18-23-15-4-2-3-13(15)16(28)24-18/h2-3,7,12H,4-6,8-10H2,1H3,(H,23,24,28). The molecule has 2 aromatic heterocycles. The minimum absolute atomic E-state index is 0.0232. The molecule has 0 unspecified atom stereocenters. The fourth-order valence-electron chi connectivity index (χ4n) is 4.16. The molecule has 29 heavy (non-hydrogen) atoms. The average molecular weight is 402 g/mol. The molecule has 1 N–H and O–H groups in total. The van der Waals surface area contributed by atoms with E-state index < -0.39 is 5.92 Å². The second-order valence-corrected chi connectivity index (χ2v) is 7.85. The molecule has 0 saturated carbocycles.